The van der Waals surface area contributed by atoms with Gasteiger partial charge in [0.05, 0.1) is 5.69 Å². The molecule has 0 saturated heterocycles. The highest BCUT2D eigenvalue weighted by molar-refractivity contribution is 5.40. The van der Waals surface area contributed by atoms with Gasteiger partial charge < -0.3 is 10.1 Å². The van der Waals surface area contributed by atoms with Crippen LogP contribution in [0.2, 0.25) is 0 Å². The predicted molar refractivity (Wildman–Crippen MR) is 86.8 cm³/mol. The number of hydrogen-bond acceptors (Lipinski definition) is 3. The van der Waals surface area contributed by atoms with Crippen LogP contribution >= 0.6 is 0 Å². The molecule has 0 spiro atoms. The number of nitrogens with one attached hydrogen (secondary N) is 1. The van der Waals surface area contributed by atoms with Crippen molar-refractivity contribution < 1.29 is 4.74 Å². The molecule has 0 aliphatic heterocycles. The van der Waals surface area contributed by atoms with E-state index in [0.717, 1.165) is 30.1 Å². The Hall–Kier alpha value is -1.87. The average molecular weight is 284 g/mol. The van der Waals surface area contributed by atoms with Gasteiger partial charge in [0.1, 0.15) is 5.75 Å². The molecule has 112 valence electrons. The Balaban J connectivity index is 2.05. The summed E-state index contributed by atoms with van der Waals surface area (Å²) in [6, 6.07) is 12.0. The predicted octanol–water partition coefficient (Wildman–Crippen LogP) is 4.24. The number of rotatable bonds is 6. The summed E-state index contributed by atoms with van der Waals surface area (Å²) in [6.45, 7) is 10.3. The van der Waals surface area contributed by atoms with Crippen LogP contribution in [0.5, 0.6) is 11.6 Å². The largest absolute Gasteiger partial charge is 0.439 e. The average Bonchev–Trinajstić information content (AvgIpc) is 2.44. The van der Waals surface area contributed by atoms with Gasteiger partial charge in [-0.05, 0) is 49.6 Å². The molecule has 0 unspecified atom stereocenters. The molecule has 2 rings (SSSR count). The van der Waals surface area contributed by atoms with E-state index in [2.05, 4.69) is 44.1 Å². The molecule has 0 aliphatic carbocycles. The van der Waals surface area contributed by atoms with Gasteiger partial charge in [0, 0.05) is 12.6 Å². The van der Waals surface area contributed by atoms with Gasteiger partial charge in [-0.25, -0.2) is 4.98 Å². The van der Waals surface area contributed by atoms with Crippen LogP contribution in [0.15, 0.2) is 36.4 Å². The van der Waals surface area contributed by atoms with Crippen LogP contribution in [0, 0.1) is 19.8 Å². The summed E-state index contributed by atoms with van der Waals surface area (Å²) in [4.78, 5) is 4.55. The Morgan fingerprint density at radius 3 is 2.62 bits per heavy atom. The molecule has 1 aromatic carbocycles. The first kappa shape index (κ1) is 15.5. The van der Waals surface area contributed by atoms with E-state index in [-0.39, 0.29) is 0 Å². The summed E-state index contributed by atoms with van der Waals surface area (Å²) in [5.74, 6) is 2.15. The van der Waals surface area contributed by atoms with Crippen molar-refractivity contribution in [2.75, 3.05) is 6.54 Å². The minimum absolute atomic E-state index is 0.638. The Kier molecular flexibility index (Phi) is 5.34. The molecule has 0 fully saturated rings. The van der Waals surface area contributed by atoms with Crippen molar-refractivity contribution in [2.45, 2.75) is 34.2 Å². The standard InChI is InChI=1S/C18H24N2O/c1-13(2)11-19-12-16-8-6-10-18(20-16)21-17-9-5-7-14(3)15(17)4/h5-10,13,19H,11-12H2,1-4H3. The summed E-state index contributed by atoms with van der Waals surface area (Å²) >= 11 is 0. The van der Waals surface area contributed by atoms with Crippen LogP contribution in [0.3, 0.4) is 0 Å². The van der Waals surface area contributed by atoms with Gasteiger partial charge in [0.2, 0.25) is 5.88 Å². The van der Waals surface area contributed by atoms with Gasteiger partial charge in [0.15, 0.2) is 0 Å². The van der Waals surface area contributed by atoms with Crippen LogP contribution in [0.1, 0.15) is 30.7 Å². The highest BCUT2D eigenvalue weighted by Crippen LogP contribution is 2.25. The van der Waals surface area contributed by atoms with E-state index in [1.807, 2.05) is 30.3 Å². The molecule has 1 aromatic heterocycles. The van der Waals surface area contributed by atoms with Gasteiger partial charge in [-0.2, -0.15) is 0 Å². The van der Waals surface area contributed by atoms with E-state index < -0.39 is 0 Å². The van der Waals surface area contributed by atoms with E-state index in [1.54, 1.807) is 0 Å². The zero-order valence-electron chi connectivity index (χ0n) is 13.3. The van der Waals surface area contributed by atoms with Crippen LogP contribution < -0.4 is 10.1 Å². The molecular formula is C18H24N2O. The number of ether oxygens (including phenoxy) is 1. The summed E-state index contributed by atoms with van der Waals surface area (Å²) in [7, 11) is 0. The summed E-state index contributed by atoms with van der Waals surface area (Å²) in [5, 5.41) is 3.39. The number of hydrogen-bond donors (Lipinski definition) is 1. The second kappa shape index (κ2) is 7.23. The highest BCUT2D eigenvalue weighted by Gasteiger charge is 2.05. The van der Waals surface area contributed by atoms with Gasteiger partial charge in [0.25, 0.3) is 0 Å². The molecule has 21 heavy (non-hydrogen) atoms. The number of nitrogens with zero attached hydrogens (tertiary/aromatic N) is 1. The zero-order chi connectivity index (χ0) is 15.2. The van der Waals surface area contributed by atoms with Crippen LogP contribution in [0.4, 0.5) is 0 Å². The minimum Gasteiger partial charge on any atom is -0.439 e. The van der Waals surface area contributed by atoms with Crippen molar-refractivity contribution >= 4 is 0 Å². The van der Waals surface area contributed by atoms with Crippen LogP contribution in [-0.2, 0) is 6.54 Å². The van der Waals surface area contributed by atoms with Crippen molar-refractivity contribution in [3.05, 3.63) is 53.2 Å². The maximum atomic E-state index is 5.92. The van der Waals surface area contributed by atoms with Crippen molar-refractivity contribution in [1.29, 1.82) is 0 Å². The molecule has 0 saturated carbocycles. The van der Waals surface area contributed by atoms with Gasteiger partial charge in [-0.1, -0.05) is 32.0 Å². The number of aromatic nitrogens is 1. The maximum Gasteiger partial charge on any atom is 0.219 e. The first-order valence-corrected chi connectivity index (χ1v) is 7.47. The number of benzene rings is 1. The lowest BCUT2D eigenvalue weighted by Gasteiger charge is -2.11. The fourth-order valence-corrected chi connectivity index (χ4v) is 2.05. The molecule has 2 aromatic rings. The Bertz CT molecular complexity index is 594. The summed E-state index contributed by atoms with van der Waals surface area (Å²) in [6.07, 6.45) is 0. The van der Waals surface area contributed by atoms with Crippen molar-refractivity contribution in [2.24, 2.45) is 5.92 Å². The molecule has 0 aliphatic rings. The van der Waals surface area contributed by atoms with Crippen molar-refractivity contribution in [1.82, 2.24) is 10.3 Å². The monoisotopic (exact) mass is 284 g/mol. The highest BCUT2D eigenvalue weighted by atomic mass is 16.5. The minimum atomic E-state index is 0.638. The molecule has 0 atom stereocenters. The van der Waals surface area contributed by atoms with Crippen LogP contribution in [0.25, 0.3) is 0 Å². The summed E-state index contributed by atoms with van der Waals surface area (Å²) < 4.78 is 5.92. The van der Waals surface area contributed by atoms with E-state index in [9.17, 15) is 0 Å². The molecule has 0 amide bonds. The zero-order valence-corrected chi connectivity index (χ0v) is 13.3. The third kappa shape index (κ3) is 4.57. The number of aryl methyl sites for hydroxylation is 1. The first-order chi connectivity index (χ1) is 10.1. The Morgan fingerprint density at radius 1 is 1.10 bits per heavy atom. The molecule has 1 N–H and O–H groups in total. The fourth-order valence-electron chi connectivity index (χ4n) is 2.05. The van der Waals surface area contributed by atoms with E-state index in [0.29, 0.717) is 11.8 Å². The Morgan fingerprint density at radius 2 is 1.86 bits per heavy atom. The third-order valence-corrected chi connectivity index (χ3v) is 3.41. The molecular weight excluding hydrogens is 260 g/mol. The quantitative estimate of drug-likeness (QED) is 0.861. The van der Waals surface area contributed by atoms with E-state index in [1.165, 1.54) is 5.56 Å². The first-order valence-electron chi connectivity index (χ1n) is 7.47. The van der Waals surface area contributed by atoms with Gasteiger partial charge in [-0.15, -0.1) is 0 Å². The Labute approximate surface area is 127 Å². The second-order valence-electron chi connectivity index (χ2n) is 5.79. The lowest BCUT2D eigenvalue weighted by molar-refractivity contribution is 0.454. The van der Waals surface area contributed by atoms with Gasteiger partial charge >= 0.3 is 0 Å². The molecule has 0 bridgehead atoms. The third-order valence-electron chi connectivity index (χ3n) is 3.41. The summed E-state index contributed by atoms with van der Waals surface area (Å²) in [5.41, 5.74) is 3.38. The molecule has 3 heteroatoms. The lowest BCUT2D eigenvalue weighted by atomic mass is 10.1. The molecule has 1 heterocycles. The molecule has 0 radical (unpaired) electrons. The second-order valence-corrected chi connectivity index (χ2v) is 5.79. The number of pyridine rings is 1. The van der Waals surface area contributed by atoms with E-state index >= 15 is 0 Å². The fraction of sp³-hybridized carbons (Fsp3) is 0.389. The normalized spacial score (nSPS) is 10.9. The lowest BCUT2D eigenvalue weighted by Crippen LogP contribution is -2.19. The van der Waals surface area contributed by atoms with Crippen LogP contribution in [-0.4, -0.2) is 11.5 Å². The smallest absolute Gasteiger partial charge is 0.219 e. The topological polar surface area (TPSA) is 34.1 Å². The van der Waals surface area contributed by atoms with Crippen molar-refractivity contribution in [3.8, 4) is 11.6 Å². The molecule has 3 nitrogen and oxygen atoms in total. The van der Waals surface area contributed by atoms with Crippen molar-refractivity contribution in [3.63, 3.8) is 0 Å². The van der Waals surface area contributed by atoms with Gasteiger partial charge in [-0.3, -0.25) is 0 Å². The van der Waals surface area contributed by atoms with E-state index in [4.69, 9.17) is 4.74 Å². The SMILES string of the molecule is Cc1cccc(Oc2cccc(CNCC(C)C)n2)c1C. The maximum absolute atomic E-state index is 5.92.